The summed E-state index contributed by atoms with van der Waals surface area (Å²) in [6.07, 6.45) is -0.190. The first-order valence-electron chi connectivity index (χ1n) is 8.75. The van der Waals surface area contributed by atoms with Crippen LogP contribution in [0.15, 0.2) is 10.6 Å². The lowest BCUT2D eigenvalue weighted by molar-refractivity contribution is -0.163. The number of carboxylic acids is 1. The van der Waals surface area contributed by atoms with E-state index in [2.05, 4.69) is 5.32 Å². The van der Waals surface area contributed by atoms with Crippen LogP contribution in [-0.4, -0.2) is 81.9 Å². The standard InChI is InChI=1S/C17H25N3O5S/c1-7-12-11(8(2)21)16(23)20(12)13(17(24)25)14(7)26-9-5-10(18-6-9)15(22)19(3)4/h7-12,18,21H,5-6H2,1-4H3,(H,24,25)/t7?,8-,9+,10+,11?,12-/m1/s1. The molecule has 9 heteroatoms. The van der Waals surface area contributed by atoms with E-state index in [1.54, 1.807) is 25.9 Å². The second-order valence-corrected chi connectivity index (χ2v) is 8.78. The Hall–Kier alpha value is -1.58. The van der Waals surface area contributed by atoms with Crippen LogP contribution >= 0.6 is 11.8 Å². The van der Waals surface area contributed by atoms with Crippen LogP contribution in [-0.2, 0) is 14.4 Å². The van der Waals surface area contributed by atoms with E-state index in [1.807, 2.05) is 6.92 Å². The van der Waals surface area contributed by atoms with Gasteiger partial charge in [-0.3, -0.25) is 9.59 Å². The molecule has 3 rings (SSSR count). The molecule has 0 radical (unpaired) electrons. The topological polar surface area (TPSA) is 110 Å². The van der Waals surface area contributed by atoms with Crippen LogP contribution < -0.4 is 5.32 Å². The summed E-state index contributed by atoms with van der Waals surface area (Å²) in [5.74, 6) is -2.14. The first kappa shape index (κ1) is 19.2. The number of nitrogens with one attached hydrogen (secondary N) is 1. The smallest absolute Gasteiger partial charge is 0.353 e. The van der Waals surface area contributed by atoms with E-state index in [9.17, 15) is 24.6 Å². The summed E-state index contributed by atoms with van der Waals surface area (Å²) < 4.78 is 0. The number of fused-ring (bicyclic) bond motifs is 1. The molecule has 3 aliphatic heterocycles. The van der Waals surface area contributed by atoms with Gasteiger partial charge in [0.15, 0.2) is 0 Å². The highest BCUT2D eigenvalue weighted by molar-refractivity contribution is 8.03. The van der Waals surface area contributed by atoms with Crippen molar-refractivity contribution in [2.45, 2.75) is 43.7 Å². The molecule has 8 nitrogen and oxygen atoms in total. The van der Waals surface area contributed by atoms with Gasteiger partial charge in [0.2, 0.25) is 11.8 Å². The average Bonchev–Trinajstić information content (AvgIpc) is 3.09. The molecular weight excluding hydrogens is 358 g/mol. The third-order valence-electron chi connectivity index (χ3n) is 5.43. The second-order valence-electron chi connectivity index (χ2n) is 7.44. The zero-order chi connectivity index (χ0) is 19.3. The summed E-state index contributed by atoms with van der Waals surface area (Å²) in [5, 5.41) is 22.8. The normalized spacial score (nSPS) is 34.6. The molecular formula is C17H25N3O5S. The number of likely N-dealkylation sites (N-methyl/N-ethyl adjacent to an activating group) is 1. The fraction of sp³-hybridized carbons (Fsp3) is 0.706. The third kappa shape index (κ3) is 2.91. The third-order valence-corrected chi connectivity index (χ3v) is 6.95. The van der Waals surface area contributed by atoms with Gasteiger partial charge in [-0.2, -0.15) is 0 Å². The van der Waals surface area contributed by atoms with Crippen LogP contribution in [0.25, 0.3) is 0 Å². The lowest BCUT2D eigenvalue weighted by atomic mass is 9.79. The minimum absolute atomic E-state index is 0.00757. The summed E-state index contributed by atoms with van der Waals surface area (Å²) >= 11 is 1.45. The SMILES string of the molecule is CC1C(S[C@@H]2CN[C@H](C(=O)N(C)C)C2)=C(C(=O)O)N2C(=O)C([C@@H](C)O)[C@@H]12. The number of aliphatic hydroxyl groups excluding tert-OH is 1. The molecule has 2 unspecified atom stereocenters. The van der Waals surface area contributed by atoms with Crippen molar-refractivity contribution in [1.82, 2.24) is 15.1 Å². The monoisotopic (exact) mass is 383 g/mol. The van der Waals surface area contributed by atoms with Gasteiger partial charge in [-0.1, -0.05) is 6.92 Å². The molecule has 3 aliphatic rings. The van der Waals surface area contributed by atoms with Crippen molar-refractivity contribution < 1.29 is 24.6 Å². The number of nitrogens with zero attached hydrogens (tertiary/aromatic N) is 2. The molecule has 0 aliphatic carbocycles. The fourth-order valence-electron chi connectivity index (χ4n) is 4.15. The van der Waals surface area contributed by atoms with Crippen molar-refractivity contribution in [3.8, 4) is 0 Å². The highest BCUT2D eigenvalue weighted by Crippen LogP contribution is 2.51. The van der Waals surface area contributed by atoms with Crippen molar-refractivity contribution in [3.63, 3.8) is 0 Å². The van der Waals surface area contributed by atoms with Gasteiger partial charge < -0.3 is 25.3 Å². The van der Waals surface area contributed by atoms with E-state index in [4.69, 9.17) is 0 Å². The number of amides is 2. The molecule has 3 heterocycles. The molecule has 0 aromatic rings. The minimum atomic E-state index is -1.12. The van der Waals surface area contributed by atoms with E-state index in [0.29, 0.717) is 17.9 Å². The molecule has 2 amide bonds. The molecule has 0 spiro atoms. The first-order chi connectivity index (χ1) is 12.1. The van der Waals surface area contributed by atoms with Gasteiger partial charge in [-0.25, -0.2) is 4.79 Å². The molecule has 144 valence electrons. The maximum Gasteiger partial charge on any atom is 0.353 e. The Bertz CT molecular complexity index is 677. The number of carboxylic acid groups (broad SMARTS) is 1. The van der Waals surface area contributed by atoms with Crippen molar-refractivity contribution in [2.24, 2.45) is 11.8 Å². The van der Waals surface area contributed by atoms with Gasteiger partial charge >= 0.3 is 5.97 Å². The van der Waals surface area contributed by atoms with Crippen molar-refractivity contribution >= 4 is 29.5 Å². The minimum Gasteiger partial charge on any atom is -0.477 e. The van der Waals surface area contributed by atoms with Crippen LogP contribution in [0.1, 0.15) is 20.3 Å². The Morgan fingerprint density at radius 3 is 2.58 bits per heavy atom. The number of aliphatic carboxylic acids is 1. The number of β-lactam (4-membered cyclic amide) rings is 1. The molecule has 2 fully saturated rings. The molecule has 3 N–H and O–H groups in total. The van der Waals surface area contributed by atoms with Crippen LogP contribution in [0, 0.1) is 11.8 Å². The first-order valence-corrected chi connectivity index (χ1v) is 9.62. The molecule has 26 heavy (non-hydrogen) atoms. The molecule has 0 bridgehead atoms. The Kier molecular flexibility index (Phi) is 5.06. The van der Waals surface area contributed by atoms with Crippen LogP contribution in [0.3, 0.4) is 0 Å². The molecule has 0 aromatic heterocycles. The highest BCUT2D eigenvalue weighted by Gasteiger charge is 2.60. The highest BCUT2D eigenvalue weighted by atomic mass is 32.2. The summed E-state index contributed by atoms with van der Waals surface area (Å²) in [4.78, 5) is 39.8. The van der Waals surface area contributed by atoms with Gasteiger partial charge in [-0.15, -0.1) is 11.8 Å². The van der Waals surface area contributed by atoms with E-state index < -0.39 is 18.0 Å². The number of carbonyl (C=O) groups excluding carboxylic acids is 2. The number of hydrogen-bond acceptors (Lipinski definition) is 6. The van der Waals surface area contributed by atoms with Gasteiger partial charge in [0.05, 0.1) is 24.1 Å². The van der Waals surface area contributed by atoms with Crippen LogP contribution in [0.5, 0.6) is 0 Å². The summed E-state index contributed by atoms with van der Waals surface area (Å²) in [6, 6.07) is -0.568. The maximum atomic E-state index is 12.3. The van der Waals surface area contributed by atoms with Crippen molar-refractivity contribution in [2.75, 3.05) is 20.6 Å². The molecule has 0 aromatic carbocycles. The summed E-state index contributed by atoms with van der Waals surface area (Å²) in [7, 11) is 3.42. The quantitative estimate of drug-likeness (QED) is 0.559. The van der Waals surface area contributed by atoms with Crippen LogP contribution in [0.2, 0.25) is 0 Å². The van der Waals surface area contributed by atoms with E-state index in [-0.39, 0.29) is 40.8 Å². The lowest BCUT2D eigenvalue weighted by Crippen LogP contribution is -2.63. The molecule has 2 saturated heterocycles. The Morgan fingerprint density at radius 1 is 1.38 bits per heavy atom. The fourth-order valence-corrected chi connectivity index (χ4v) is 5.63. The van der Waals surface area contributed by atoms with Gasteiger partial charge in [0.25, 0.3) is 0 Å². The van der Waals surface area contributed by atoms with Crippen LogP contribution in [0.4, 0.5) is 0 Å². The Morgan fingerprint density at radius 2 is 2.04 bits per heavy atom. The Labute approximate surface area is 156 Å². The summed E-state index contributed by atoms with van der Waals surface area (Å²) in [5.41, 5.74) is 0.0387. The maximum absolute atomic E-state index is 12.3. The van der Waals surface area contributed by atoms with Gasteiger partial charge in [0, 0.05) is 36.7 Å². The number of carbonyl (C=O) groups is 3. The van der Waals surface area contributed by atoms with Gasteiger partial charge in [-0.05, 0) is 13.3 Å². The largest absolute Gasteiger partial charge is 0.477 e. The molecule has 6 atom stereocenters. The lowest BCUT2D eigenvalue weighted by Gasteiger charge is -2.46. The number of hydrogen-bond donors (Lipinski definition) is 3. The number of aliphatic hydroxyl groups is 1. The van der Waals surface area contributed by atoms with E-state index >= 15 is 0 Å². The van der Waals surface area contributed by atoms with Crippen molar-refractivity contribution in [1.29, 1.82) is 0 Å². The average molecular weight is 383 g/mol. The van der Waals surface area contributed by atoms with Gasteiger partial charge in [0.1, 0.15) is 5.70 Å². The van der Waals surface area contributed by atoms with E-state index in [1.165, 1.54) is 16.7 Å². The zero-order valence-electron chi connectivity index (χ0n) is 15.3. The predicted molar refractivity (Wildman–Crippen MR) is 96.1 cm³/mol. The number of thioether (sulfide) groups is 1. The Balaban J connectivity index is 1.78. The number of rotatable bonds is 5. The predicted octanol–water partition coefficient (Wildman–Crippen LogP) is -0.308. The zero-order valence-corrected chi connectivity index (χ0v) is 16.1. The second kappa shape index (κ2) is 6.86. The van der Waals surface area contributed by atoms with E-state index in [0.717, 1.165) is 0 Å². The summed E-state index contributed by atoms with van der Waals surface area (Å²) in [6.45, 7) is 4.08. The van der Waals surface area contributed by atoms with Crippen molar-refractivity contribution in [3.05, 3.63) is 10.6 Å². The molecule has 0 saturated carbocycles.